The van der Waals surface area contributed by atoms with Crippen molar-refractivity contribution in [3.8, 4) is 11.5 Å². The molecule has 0 heterocycles. The Morgan fingerprint density at radius 2 is 1.77 bits per heavy atom. The second-order valence-electron chi connectivity index (χ2n) is 6.10. The van der Waals surface area contributed by atoms with Crippen LogP contribution in [0.15, 0.2) is 18.2 Å². The molecule has 0 saturated carbocycles. The molecule has 1 amide bonds. The number of esters is 1. The summed E-state index contributed by atoms with van der Waals surface area (Å²) in [5.41, 5.74) is 0.304. The number of amides is 1. The second kappa shape index (κ2) is 10.9. The number of rotatable bonds is 8. The molecule has 0 radical (unpaired) electrons. The summed E-state index contributed by atoms with van der Waals surface area (Å²) in [5.74, 6) is -2.42. The summed E-state index contributed by atoms with van der Waals surface area (Å²) in [5, 5.41) is 12.2. The third-order valence-corrected chi connectivity index (χ3v) is 5.48. The van der Waals surface area contributed by atoms with Gasteiger partial charge in [0.25, 0.3) is 0 Å². The third-order valence-electron chi connectivity index (χ3n) is 4.09. The van der Waals surface area contributed by atoms with Gasteiger partial charge >= 0.3 is 5.97 Å². The van der Waals surface area contributed by atoms with Crippen molar-refractivity contribution in [2.24, 2.45) is 0 Å². The standard InChI is InChI=1S/C20H17Cl4NO6/c1-3-30-15(27)8-31-13-5-4-10(16(23)17(13)24)19(28)11-6-12(22)20(29)18(9(11)2)25-14(26)7-21/h4-6,29H,3,7-8H2,1-2H3,(H,25,26). The van der Waals surface area contributed by atoms with Crippen molar-refractivity contribution in [3.63, 3.8) is 0 Å². The van der Waals surface area contributed by atoms with Crippen LogP contribution in [0.4, 0.5) is 5.69 Å². The highest BCUT2D eigenvalue weighted by atomic mass is 35.5. The molecule has 0 atom stereocenters. The molecule has 11 heteroatoms. The molecule has 0 unspecified atom stereocenters. The quantitative estimate of drug-likeness (QED) is 0.225. The zero-order valence-corrected chi connectivity index (χ0v) is 19.4. The fourth-order valence-corrected chi connectivity index (χ4v) is 3.33. The molecule has 166 valence electrons. The number of carbonyl (C=O) groups is 3. The lowest BCUT2D eigenvalue weighted by molar-refractivity contribution is -0.145. The number of ketones is 1. The first-order valence-corrected chi connectivity index (χ1v) is 10.5. The number of hydrogen-bond acceptors (Lipinski definition) is 6. The molecule has 0 aliphatic rings. The number of nitrogens with one attached hydrogen (secondary N) is 1. The van der Waals surface area contributed by atoms with E-state index >= 15 is 0 Å². The van der Waals surface area contributed by atoms with Crippen LogP contribution in [0.2, 0.25) is 15.1 Å². The summed E-state index contributed by atoms with van der Waals surface area (Å²) in [4.78, 5) is 36.3. The average Bonchev–Trinajstić information content (AvgIpc) is 2.74. The molecule has 2 aromatic carbocycles. The molecule has 2 aromatic rings. The number of carbonyl (C=O) groups excluding carboxylic acids is 3. The fourth-order valence-electron chi connectivity index (χ4n) is 2.60. The van der Waals surface area contributed by atoms with Crippen molar-refractivity contribution in [3.05, 3.63) is 50.0 Å². The van der Waals surface area contributed by atoms with Crippen LogP contribution in [0, 0.1) is 6.92 Å². The molecular weight excluding hydrogens is 492 g/mol. The molecule has 31 heavy (non-hydrogen) atoms. The Balaban J connectivity index is 2.42. The van der Waals surface area contributed by atoms with Gasteiger partial charge in [0.2, 0.25) is 5.91 Å². The molecular formula is C20H17Cl4NO6. The maximum absolute atomic E-state index is 13.1. The summed E-state index contributed by atoms with van der Waals surface area (Å²) in [6.07, 6.45) is 0. The Bertz CT molecular complexity index is 1040. The molecule has 0 spiro atoms. The number of halogens is 4. The maximum atomic E-state index is 13.1. The largest absolute Gasteiger partial charge is 0.504 e. The van der Waals surface area contributed by atoms with Crippen LogP contribution in [0.3, 0.4) is 0 Å². The number of phenols is 1. The number of ether oxygens (including phenoxy) is 2. The molecule has 7 nitrogen and oxygen atoms in total. The highest BCUT2D eigenvalue weighted by Crippen LogP contribution is 2.40. The normalized spacial score (nSPS) is 10.5. The van der Waals surface area contributed by atoms with Crippen molar-refractivity contribution in [2.75, 3.05) is 24.4 Å². The second-order valence-corrected chi connectivity index (χ2v) is 7.53. The Kier molecular flexibility index (Phi) is 8.82. The van der Waals surface area contributed by atoms with E-state index in [-0.39, 0.29) is 62.3 Å². The molecule has 2 rings (SSSR count). The zero-order valence-electron chi connectivity index (χ0n) is 16.4. The van der Waals surface area contributed by atoms with E-state index in [4.69, 9.17) is 55.9 Å². The van der Waals surface area contributed by atoms with Gasteiger partial charge in [0, 0.05) is 11.1 Å². The van der Waals surface area contributed by atoms with E-state index in [1.807, 2.05) is 0 Å². The van der Waals surface area contributed by atoms with E-state index < -0.39 is 23.4 Å². The first-order chi connectivity index (χ1) is 14.6. The maximum Gasteiger partial charge on any atom is 0.344 e. The predicted octanol–water partition coefficient (Wildman–Crippen LogP) is 5.01. The first kappa shape index (κ1) is 25.1. The average molecular weight is 509 g/mol. The van der Waals surface area contributed by atoms with Gasteiger partial charge in [-0.05, 0) is 37.6 Å². The summed E-state index contributed by atoms with van der Waals surface area (Å²) < 4.78 is 10.1. The van der Waals surface area contributed by atoms with Crippen LogP contribution < -0.4 is 10.1 Å². The monoisotopic (exact) mass is 507 g/mol. The van der Waals surface area contributed by atoms with Gasteiger partial charge < -0.3 is 19.9 Å². The Hall–Kier alpha value is -2.19. The molecule has 0 aliphatic heterocycles. The molecule has 0 aliphatic carbocycles. The van der Waals surface area contributed by atoms with Crippen molar-refractivity contribution >= 4 is 69.8 Å². The predicted molar refractivity (Wildman–Crippen MR) is 119 cm³/mol. The van der Waals surface area contributed by atoms with Crippen molar-refractivity contribution in [1.29, 1.82) is 0 Å². The Morgan fingerprint density at radius 3 is 2.39 bits per heavy atom. The highest BCUT2D eigenvalue weighted by Gasteiger charge is 2.24. The number of anilines is 1. The van der Waals surface area contributed by atoms with Crippen molar-refractivity contribution in [2.45, 2.75) is 13.8 Å². The molecule has 0 bridgehead atoms. The highest BCUT2D eigenvalue weighted by molar-refractivity contribution is 6.45. The molecule has 0 saturated heterocycles. The summed E-state index contributed by atoms with van der Waals surface area (Å²) in [6.45, 7) is 2.99. The lowest BCUT2D eigenvalue weighted by Gasteiger charge is -2.16. The fraction of sp³-hybridized carbons (Fsp3) is 0.250. The minimum Gasteiger partial charge on any atom is -0.504 e. The van der Waals surface area contributed by atoms with Crippen LogP contribution in [0.1, 0.15) is 28.4 Å². The minimum atomic E-state index is -0.593. The lowest BCUT2D eigenvalue weighted by Crippen LogP contribution is -2.16. The SMILES string of the molecule is CCOC(=O)COc1ccc(C(=O)c2cc(Cl)c(O)c(NC(=O)CCl)c2C)c(Cl)c1Cl. The summed E-state index contributed by atoms with van der Waals surface area (Å²) in [6, 6.07) is 4.00. The number of benzene rings is 2. The van der Waals surface area contributed by atoms with Crippen LogP contribution in [0.25, 0.3) is 0 Å². The van der Waals surface area contributed by atoms with E-state index in [0.29, 0.717) is 0 Å². The van der Waals surface area contributed by atoms with E-state index in [1.165, 1.54) is 25.1 Å². The summed E-state index contributed by atoms with van der Waals surface area (Å²) >= 11 is 24.0. The minimum absolute atomic E-state index is 0.0228. The van der Waals surface area contributed by atoms with Gasteiger partial charge in [-0.15, -0.1) is 11.6 Å². The van der Waals surface area contributed by atoms with Gasteiger partial charge in [-0.2, -0.15) is 0 Å². The van der Waals surface area contributed by atoms with Crippen LogP contribution >= 0.6 is 46.4 Å². The van der Waals surface area contributed by atoms with Gasteiger partial charge in [-0.3, -0.25) is 9.59 Å². The van der Waals surface area contributed by atoms with E-state index in [0.717, 1.165) is 0 Å². The van der Waals surface area contributed by atoms with Crippen LogP contribution in [-0.2, 0) is 14.3 Å². The van der Waals surface area contributed by atoms with E-state index in [1.54, 1.807) is 6.92 Å². The molecule has 2 N–H and O–H groups in total. The number of aromatic hydroxyl groups is 1. The zero-order chi connectivity index (χ0) is 23.3. The third kappa shape index (κ3) is 5.74. The van der Waals surface area contributed by atoms with Gasteiger partial charge in [0.1, 0.15) is 16.7 Å². The Morgan fingerprint density at radius 1 is 1.10 bits per heavy atom. The summed E-state index contributed by atoms with van der Waals surface area (Å²) in [7, 11) is 0. The van der Waals surface area contributed by atoms with Crippen molar-refractivity contribution in [1.82, 2.24) is 0 Å². The topological polar surface area (TPSA) is 102 Å². The van der Waals surface area contributed by atoms with E-state index in [2.05, 4.69) is 5.32 Å². The molecule has 0 fully saturated rings. The Labute approximate surface area is 198 Å². The van der Waals surface area contributed by atoms with Crippen LogP contribution in [-0.4, -0.2) is 41.9 Å². The van der Waals surface area contributed by atoms with Gasteiger partial charge in [-0.1, -0.05) is 34.8 Å². The van der Waals surface area contributed by atoms with Gasteiger partial charge in [0.05, 0.1) is 22.3 Å². The molecule has 0 aromatic heterocycles. The number of phenolic OH excluding ortho intramolecular Hbond substituents is 1. The lowest BCUT2D eigenvalue weighted by atomic mass is 9.97. The van der Waals surface area contributed by atoms with Gasteiger partial charge in [-0.25, -0.2) is 4.79 Å². The number of hydrogen-bond donors (Lipinski definition) is 2. The number of alkyl halides is 1. The first-order valence-electron chi connectivity index (χ1n) is 8.81. The van der Waals surface area contributed by atoms with Gasteiger partial charge in [0.15, 0.2) is 18.1 Å². The van der Waals surface area contributed by atoms with Crippen molar-refractivity contribution < 1.29 is 29.0 Å². The van der Waals surface area contributed by atoms with E-state index in [9.17, 15) is 19.5 Å². The smallest absolute Gasteiger partial charge is 0.344 e. The van der Waals surface area contributed by atoms with Crippen LogP contribution in [0.5, 0.6) is 11.5 Å².